The Kier molecular flexibility index (Phi) is 62.9. The van der Waals surface area contributed by atoms with Crippen LogP contribution in [0.3, 0.4) is 0 Å². The molecule has 0 spiro atoms. The summed E-state index contributed by atoms with van der Waals surface area (Å²) in [5, 5.41) is 0. The van der Waals surface area contributed by atoms with Gasteiger partial charge in [-0.05, 0) is 141 Å². The minimum absolute atomic E-state index is 0.128. The SMILES string of the molecule is CC/C=C\C/C=C\C/C=C\C/C=C\C/C=C\C/C=C\CCCCC(=O)OC(COC(=O)CC/C=C\C/C=C\C/C=C\C/C=C\C/C=C\C/C=C\CC)COC(=O)CCCCCCCCCCCCC/C=C\C/C=C\CCCCCCC. The summed E-state index contributed by atoms with van der Waals surface area (Å²) >= 11 is 0. The van der Waals surface area contributed by atoms with Gasteiger partial charge in [0.15, 0.2) is 6.10 Å². The lowest BCUT2D eigenvalue weighted by atomic mass is 10.0. The summed E-state index contributed by atoms with van der Waals surface area (Å²) in [7, 11) is 0. The van der Waals surface area contributed by atoms with Gasteiger partial charge in [-0.15, -0.1) is 0 Å². The second kappa shape index (κ2) is 67.3. The van der Waals surface area contributed by atoms with Crippen molar-refractivity contribution in [1.82, 2.24) is 0 Å². The van der Waals surface area contributed by atoms with Gasteiger partial charge >= 0.3 is 17.9 Å². The summed E-state index contributed by atoms with van der Waals surface area (Å²) in [5.41, 5.74) is 0. The van der Waals surface area contributed by atoms with E-state index in [1.165, 1.54) is 96.3 Å². The molecule has 0 aliphatic heterocycles. The Hall–Kier alpha value is -5.23. The Morgan fingerprint density at radius 2 is 0.506 bits per heavy atom. The molecule has 0 saturated heterocycles. The monoisotopic (exact) mass is 1110 g/mol. The van der Waals surface area contributed by atoms with E-state index < -0.39 is 6.10 Å². The summed E-state index contributed by atoms with van der Waals surface area (Å²) in [5.74, 6) is -1.07. The molecule has 0 heterocycles. The van der Waals surface area contributed by atoms with Crippen LogP contribution in [0, 0.1) is 0 Å². The molecule has 6 nitrogen and oxygen atoms in total. The Morgan fingerprint density at radius 3 is 0.852 bits per heavy atom. The molecule has 0 N–H and O–H groups in total. The van der Waals surface area contributed by atoms with E-state index in [0.29, 0.717) is 19.3 Å². The van der Waals surface area contributed by atoms with Crippen LogP contribution >= 0.6 is 0 Å². The minimum Gasteiger partial charge on any atom is -0.462 e. The third-order valence-corrected chi connectivity index (χ3v) is 13.2. The first kappa shape index (κ1) is 75.8. The first-order valence-corrected chi connectivity index (χ1v) is 32.6. The molecule has 6 heteroatoms. The predicted octanol–water partition coefficient (Wildman–Crippen LogP) is 22.7. The van der Waals surface area contributed by atoms with Crippen molar-refractivity contribution in [3.05, 3.63) is 170 Å². The van der Waals surface area contributed by atoms with Gasteiger partial charge in [0.2, 0.25) is 0 Å². The third kappa shape index (κ3) is 65.5. The zero-order valence-electron chi connectivity index (χ0n) is 52.0. The van der Waals surface area contributed by atoms with E-state index in [1.807, 2.05) is 12.2 Å². The number of esters is 3. The Bertz CT molecular complexity index is 1860. The molecule has 0 aliphatic carbocycles. The van der Waals surface area contributed by atoms with Gasteiger partial charge in [0.25, 0.3) is 0 Å². The molecule has 0 bridgehead atoms. The Morgan fingerprint density at radius 1 is 0.259 bits per heavy atom. The van der Waals surface area contributed by atoms with E-state index in [4.69, 9.17) is 14.2 Å². The number of ether oxygens (including phenoxy) is 3. The lowest BCUT2D eigenvalue weighted by Gasteiger charge is -2.18. The van der Waals surface area contributed by atoms with E-state index in [1.54, 1.807) is 0 Å². The molecule has 81 heavy (non-hydrogen) atoms. The number of hydrogen-bond acceptors (Lipinski definition) is 6. The molecule has 0 aliphatic rings. The van der Waals surface area contributed by atoms with Crippen molar-refractivity contribution in [3.63, 3.8) is 0 Å². The van der Waals surface area contributed by atoms with Crippen LogP contribution in [0.1, 0.15) is 265 Å². The van der Waals surface area contributed by atoms with Gasteiger partial charge in [0, 0.05) is 19.3 Å². The summed E-state index contributed by atoms with van der Waals surface area (Å²) < 4.78 is 16.8. The quantitative estimate of drug-likeness (QED) is 0.0261. The first-order valence-electron chi connectivity index (χ1n) is 32.6. The van der Waals surface area contributed by atoms with Gasteiger partial charge in [-0.2, -0.15) is 0 Å². The maximum absolute atomic E-state index is 12.9. The van der Waals surface area contributed by atoms with Crippen molar-refractivity contribution in [2.75, 3.05) is 13.2 Å². The van der Waals surface area contributed by atoms with Crippen molar-refractivity contribution < 1.29 is 28.6 Å². The van der Waals surface area contributed by atoms with E-state index in [0.717, 1.165) is 116 Å². The van der Waals surface area contributed by atoms with Crippen LogP contribution in [0.2, 0.25) is 0 Å². The number of unbranched alkanes of at least 4 members (excludes halogenated alkanes) is 18. The highest BCUT2D eigenvalue weighted by Crippen LogP contribution is 2.14. The van der Waals surface area contributed by atoms with Crippen molar-refractivity contribution >= 4 is 17.9 Å². The Labute approximate surface area is 498 Å². The number of hydrogen-bond donors (Lipinski definition) is 0. The van der Waals surface area contributed by atoms with Crippen molar-refractivity contribution in [2.24, 2.45) is 0 Å². The average Bonchev–Trinajstić information content (AvgIpc) is 3.47. The fraction of sp³-hybridized carbons (Fsp3) is 0.587. The normalized spacial score (nSPS) is 13.3. The second-order valence-corrected chi connectivity index (χ2v) is 20.9. The highest BCUT2D eigenvalue weighted by atomic mass is 16.6. The summed E-state index contributed by atoms with van der Waals surface area (Å²) in [6.45, 7) is 6.30. The molecule has 0 aromatic rings. The highest BCUT2D eigenvalue weighted by Gasteiger charge is 2.19. The summed E-state index contributed by atoms with van der Waals surface area (Å²) in [4.78, 5) is 38.3. The zero-order chi connectivity index (χ0) is 58.5. The molecule has 0 rings (SSSR count). The molecule has 0 amide bonds. The van der Waals surface area contributed by atoms with Crippen LogP contribution < -0.4 is 0 Å². The van der Waals surface area contributed by atoms with Gasteiger partial charge in [-0.1, -0.05) is 274 Å². The second-order valence-electron chi connectivity index (χ2n) is 20.9. The van der Waals surface area contributed by atoms with Crippen LogP contribution in [-0.2, 0) is 28.6 Å². The molecule has 1 atom stereocenters. The highest BCUT2D eigenvalue weighted by molar-refractivity contribution is 5.71. The molecule has 0 radical (unpaired) electrons. The summed E-state index contributed by atoms with van der Waals surface area (Å²) in [6.07, 6.45) is 99.4. The Balaban J connectivity index is 4.58. The standard InChI is InChI=1S/C75H118O6/c1-4-7-10-13-16-19-22-25-28-31-34-36-37-39-41-44-47-50-53-56-59-62-65-68-74(77)80-71-72(70-79-73(76)67-64-61-58-55-52-49-46-43-40-33-30-27-24-21-18-15-12-9-6-3)81-75(78)69-66-63-60-57-54-51-48-45-42-38-35-32-29-26-23-20-17-14-11-8-5-2/h8-9,11-12,17-18,20-22,25-27,29-31,34-35,38,40,43,45,48-49,52,54,57-58,61,72H,4-7,10,13-16,19,23-24,28,32-33,36-37,39,41-42,44,46-47,50-51,53,55-56,59-60,62-71H2,1-3H3/b11-8-,12-9-,20-17-,21-18-,25-22-,29-26-,30-27-,34-31-,38-35-,43-40-,48-45-,52-49-,57-54-,61-58-. The molecular formula is C75H118O6. The fourth-order valence-electron chi connectivity index (χ4n) is 8.38. The van der Waals surface area contributed by atoms with Crippen molar-refractivity contribution in [3.8, 4) is 0 Å². The number of carbonyl (C=O) groups excluding carboxylic acids is 3. The van der Waals surface area contributed by atoms with Crippen LogP contribution in [-0.4, -0.2) is 37.2 Å². The van der Waals surface area contributed by atoms with Gasteiger partial charge < -0.3 is 14.2 Å². The lowest BCUT2D eigenvalue weighted by Crippen LogP contribution is -2.30. The van der Waals surface area contributed by atoms with Crippen LogP contribution in [0.15, 0.2) is 170 Å². The van der Waals surface area contributed by atoms with E-state index in [-0.39, 0.29) is 44.0 Å². The van der Waals surface area contributed by atoms with Crippen LogP contribution in [0.5, 0.6) is 0 Å². The van der Waals surface area contributed by atoms with Crippen LogP contribution in [0.4, 0.5) is 0 Å². The van der Waals surface area contributed by atoms with Gasteiger partial charge in [-0.3, -0.25) is 14.4 Å². The van der Waals surface area contributed by atoms with Crippen molar-refractivity contribution in [2.45, 2.75) is 271 Å². The molecule has 0 saturated carbocycles. The topological polar surface area (TPSA) is 78.9 Å². The molecular weight excluding hydrogens is 997 g/mol. The molecule has 0 aromatic carbocycles. The summed E-state index contributed by atoms with van der Waals surface area (Å²) in [6, 6.07) is 0. The predicted molar refractivity (Wildman–Crippen MR) is 352 cm³/mol. The van der Waals surface area contributed by atoms with E-state index >= 15 is 0 Å². The van der Waals surface area contributed by atoms with Gasteiger partial charge in [0.05, 0.1) is 0 Å². The maximum Gasteiger partial charge on any atom is 0.306 e. The van der Waals surface area contributed by atoms with Gasteiger partial charge in [0.1, 0.15) is 13.2 Å². The number of rotatable bonds is 57. The largest absolute Gasteiger partial charge is 0.462 e. The van der Waals surface area contributed by atoms with E-state index in [2.05, 4.69) is 179 Å². The fourth-order valence-corrected chi connectivity index (χ4v) is 8.38. The smallest absolute Gasteiger partial charge is 0.306 e. The molecule has 0 aromatic heterocycles. The number of carbonyl (C=O) groups is 3. The first-order chi connectivity index (χ1) is 40.0. The average molecular weight is 1120 g/mol. The maximum atomic E-state index is 12.9. The molecule has 1 unspecified atom stereocenters. The third-order valence-electron chi connectivity index (χ3n) is 13.2. The molecule has 454 valence electrons. The molecule has 0 fully saturated rings. The van der Waals surface area contributed by atoms with Gasteiger partial charge in [-0.25, -0.2) is 0 Å². The number of allylic oxidation sites excluding steroid dienone is 28. The minimum atomic E-state index is -0.844. The van der Waals surface area contributed by atoms with Crippen LogP contribution in [0.25, 0.3) is 0 Å². The zero-order valence-corrected chi connectivity index (χ0v) is 52.0. The van der Waals surface area contributed by atoms with E-state index in [9.17, 15) is 14.4 Å². The lowest BCUT2D eigenvalue weighted by molar-refractivity contribution is -0.166. The van der Waals surface area contributed by atoms with Crippen molar-refractivity contribution in [1.29, 1.82) is 0 Å².